The lowest BCUT2D eigenvalue weighted by atomic mass is 10.1. The zero-order chi connectivity index (χ0) is 32.6. The summed E-state index contributed by atoms with van der Waals surface area (Å²) in [6, 6.07) is 8.04. The van der Waals surface area contributed by atoms with Crippen LogP contribution in [0, 0.1) is 0 Å². The van der Waals surface area contributed by atoms with Crippen molar-refractivity contribution in [1.29, 1.82) is 0 Å². The first-order valence-corrected chi connectivity index (χ1v) is 18.8. The van der Waals surface area contributed by atoms with Crippen LogP contribution in [0.25, 0.3) is 11.2 Å². The number of para-hydroxylation sites is 1. The van der Waals surface area contributed by atoms with E-state index in [2.05, 4.69) is 34.7 Å². The van der Waals surface area contributed by atoms with Crippen LogP contribution in [0.5, 0.6) is 0 Å². The van der Waals surface area contributed by atoms with Gasteiger partial charge in [0.2, 0.25) is 0 Å². The largest absolute Gasteiger partial charge is 0.368 e. The second-order valence-electron chi connectivity index (χ2n) is 13.2. The van der Waals surface area contributed by atoms with Gasteiger partial charge in [0.25, 0.3) is 5.56 Å². The number of benzene rings is 1. The van der Waals surface area contributed by atoms with Crippen molar-refractivity contribution in [1.82, 2.24) is 23.6 Å². The third-order valence-corrected chi connectivity index (χ3v) is 10.00. The van der Waals surface area contributed by atoms with Crippen molar-refractivity contribution in [3.8, 4) is 0 Å². The summed E-state index contributed by atoms with van der Waals surface area (Å²) in [5, 5.41) is 0.794. The van der Waals surface area contributed by atoms with E-state index in [-0.39, 0.29) is 11.2 Å². The number of hydrogen-bond acceptors (Lipinski definition) is 5. The van der Waals surface area contributed by atoms with Gasteiger partial charge in [-0.05, 0) is 25.0 Å². The molecule has 1 aliphatic rings. The van der Waals surface area contributed by atoms with E-state index in [1.54, 1.807) is 10.9 Å². The maximum Gasteiger partial charge on any atom is 0.332 e. The normalized spacial score (nSPS) is 14.1. The van der Waals surface area contributed by atoms with E-state index in [0.717, 1.165) is 75.5 Å². The van der Waals surface area contributed by atoms with Crippen LogP contribution in [-0.2, 0) is 19.6 Å². The summed E-state index contributed by atoms with van der Waals surface area (Å²) in [6.07, 6.45) is 20.9. The molecule has 8 nitrogen and oxygen atoms in total. The van der Waals surface area contributed by atoms with Gasteiger partial charge in [0, 0.05) is 52.4 Å². The fourth-order valence-electron chi connectivity index (χ4n) is 6.78. The van der Waals surface area contributed by atoms with E-state index in [0.29, 0.717) is 30.8 Å². The van der Waals surface area contributed by atoms with E-state index in [1.807, 2.05) is 22.8 Å². The van der Waals surface area contributed by atoms with Crippen molar-refractivity contribution < 1.29 is 0 Å². The van der Waals surface area contributed by atoms with Crippen molar-refractivity contribution in [3.05, 3.63) is 56.5 Å². The Hall–Kier alpha value is -2.58. The molecule has 9 heteroatoms. The first-order valence-electron chi connectivity index (χ1n) is 18.5. The van der Waals surface area contributed by atoms with E-state index in [1.165, 1.54) is 75.2 Å². The maximum absolute atomic E-state index is 13.9. The summed E-state index contributed by atoms with van der Waals surface area (Å²) in [7, 11) is 0. The minimum absolute atomic E-state index is 0.184. The first-order chi connectivity index (χ1) is 22.5. The lowest BCUT2D eigenvalue weighted by molar-refractivity contribution is 0.249. The molecule has 3 heterocycles. The van der Waals surface area contributed by atoms with Crippen molar-refractivity contribution >= 4 is 28.5 Å². The Morgan fingerprint density at radius 1 is 0.652 bits per heavy atom. The fourth-order valence-corrected chi connectivity index (χ4v) is 7.04. The molecule has 4 rings (SSSR count). The molecule has 1 saturated heterocycles. The summed E-state index contributed by atoms with van der Waals surface area (Å²) < 4.78 is 5.29. The highest BCUT2D eigenvalue weighted by Gasteiger charge is 2.21. The minimum atomic E-state index is -0.190. The van der Waals surface area contributed by atoms with Crippen LogP contribution >= 0.6 is 11.6 Å². The molecule has 2 aromatic heterocycles. The Bertz CT molecular complexity index is 1420. The standard InChI is InChI=1S/C37H59ClN6O2/c1-3-5-7-9-11-13-15-19-23-43-35-34(36(45)44(37(43)46)24-20-16-14-12-10-8-6-4-2)42(31-39-35)30-27-40-25-28-41(29-26-40)33-22-18-17-21-32(33)38/h17-18,21-22,31H,3-16,19-20,23-30H2,1-2H3. The Labute approximate surface area is 281 Å². The van der Waals surface area contributed by atoms with Gasteiger partial charge < -0.3 is 9.47 Å². The summed E-state index contributed by atoms with van der Waals surface area (Å²) in [6.45, 7) is 10.8. The van der Waals surface area contributed by atoms with Crippen molar-refractivity contribution in [2.45, 2.75) is 136 Å². The number of unbranched alkanes of at least 4 members (excludes halogenated alkanes) is 14. The highest BCUT2D eigenvalue weighted by Crippen LogP contribution is 2.26. The molecular weight excluding hydrogens is 596 g/mol. The average molecular weight is 655 g/mol. The molecule has 0 spiro atoms. The highest BCUT2D eigenvalue weighted by atomic mass is 35.5. The van der Waals surface area contributed by atoms with E-state index < -0.39 is 0 Å². The number of anilines is 1. The van der Waals surface area contributed by atoms with Gasteiger partial charge >= 0.3 is 5.69 Å². The van der Waals surface area contributed by atoms with Crippen molar-refractivity contribution in [2.75, 3.05) is 37.6 Å². The Balaban J connectivity index is 1.41. The molecule has 0 radical (unpaired) electrons. The molecular formula is C37H59ClN6O2. The number of imidazole rings is 1. The van der Waals surface area contributed by atoms with Crippen LogP contribution in [0.1, 0.15) is 117 Å². The number of aryl methyl sites for hydroxylation is 1. The number of piperazine rings is 1. The number of fused-ring (bicyclic) bond motifs is 1. The summed E-state index contributed by atoms with van der Waals surface area (Å²) in [5.74, 6) is 0. The average Bonchev–Trinajstić information content (AvgIpc) is 3.50. The van der Waals surface area contributed by atoms with Crippen LogP contribution < -0.4 is 16.1 Å². The number of halogens is 1. The summed E-state index contributed by atoms with van der Waals surface area (Å²) in [4.78, 5) is 37.0. The number of hydrogen-bond donors (Lipinski definition) is 0. The predicted octanol–water partition coefficient (Wildman–Crippen LogP) is 8.12. The summed E-state index contributed by atoms with van der Waals surface area (Å²) >= 11 is 6.45. The third-order valence-electron chi connectivity index (χ3n) is 9.68. The molecule has 46 heavy (non-hydrogen) atoms. The molecule has 1 aliphatic heterocycles. The maximum atomic E-state index is 13.9. The number of aromatic nitrogens is 4. The van der Waals surface area contributed by atoms with Crippen LogP contribution in [0.15, 0.2) is 40.2 Å². The smallest absolute Gasteiger partial charge is 0.332 e. The number of rotatable bonds is 22. The lowest BCUT2D eigenvalue weighted by Crippen LogP contribution is -2.47. The van der Waals surface area contributed by atoms with E-state index in [4.69, 9.17) is 11.6 Å². The molecule has 0 unspecified atom stereocenters. The molecule has 0 saturated carbocycles. The summed E-state index contributed by atoms with van der Waals surface area (Å²) in [5.41, 5.74) is 1.85. The molecule has 1 fully saturated rings. The second-order valence-corrected chi connectivity index (χ2v) is 13.6. The van der Waals surface area contributed by atoms with Gasteiger partial charge in [0.15, 0.2) is 11.2 Å². The van der Waals surface area contributed by atoms with Gasteiger partial charge in [-0.2, -0.15) is 0 Å². The second kappa shape index (κ2) is 19.9. The monoisotopic (exact) mass is 654 g/mol. The predicted molar refractivity (Wildman–Crippen MR) is 194 cm³/mol. The van der Waals surface area contributed by atoms with Gasteiger partial charge in [-0.1, -0.05) is 127 Å². The molecule has 1 aromatic carbocycles. The Kier molecular flexibility index (Phi) is 15.7. The highest BCUT2D eigenvalue weighted by molar-refractivity contribution is 6.33. The molecule has 0 bridgehead atoms. The van der Waals surface area contributed by atoms with Gasteiger partial charge in [-0.3, -0.25) is 18.8 Å². The van der Waals surface area contributed by atoms with Crippen molar-refractivity contribution in [2.24, 2.45) is 0 Å². The van der Waals surface area contributed by atoms with E-state index >= 15 is 0 Å². The van der Waals surface area contributed by atoms with Crippen LogP contribution in [0.4, 0.5) is 5.69 Å². The fraction of sp³-hybridized carbons (Fsp3) is 0.703. The van der Waals surface area contributed by atoms with E-state index in [9.17, 15) is 9.59 Å². The Morgan fingerprint density at radius 2 is 1.20 bits per heavy atom. The molecule has 0 N–H and O–H groups in total. The lowest BCUT2D eigenvalue weighted by Gasteiger charge is -2.36. The van der Waals surface area contributed by atoms with Gasteiger partial charge in [-0.25, -0.2) is 9.78 Å². The minimum Gasteiger partial charge on any atom is -0.368 e. The van der Waals surface area contributed by atoms with Crippen molar-refractivity contribution in [3.63, 3.8) is 0 Å². The SMILES string of the molecule is CCCCCCCCCCn1c(=O)c2c(ncn2CCN2CCN(c3ccccc3Cl)CC2)n(CCCCCCCCCC)c1=O. The van der Waals surface area contributed by atoms with Gasteiger partial charge in [0.05, 0.1) is 17.0 Å². The molecule has 0 aliphatic carbocycles. The van der Waals surface area contributed by atoms with Gasteiger partial charge in [-0.15, -0.1) is 0 Å². The first kappa shape index (κ1) is 36.3. The van der Waals surface area contributed by atoms with Crippen LogP contribution in [0.3, 0.4) is 0 Å². The Morgan fingerprint density at radius 3 is 1.78 bits per heavy atom. The molecule has 3 aromatic rings. The molecule has 256 valence electrons. The van der Waals surface area contributed by atoms with Crippen LogP contribution in [0.2, 0.25) is 5.02 Å². The zero-order valence-corrected chi connectivity index (χ0v) is 29.5. The third kappa shape index (κ3) is 10.5. The quantitative estimate of drug-likeness (QED) is 0.102. The molecule has 0 amide bonds. The molecule has 0 atom stereocenters. The number of nitrogens with zero attached hydrogens (tertiary/aromatic N) is 6. The van der Waals surface area contributed by atoms with Gasteiger partial charge in [0.1, 0.15) is 0 Å². The van der Waals surface area contributed by atoms with Crippen LogP contribution in [-0.4, -0.2) is 56.3 Å². The zero-order valence-electron chi connectivity index (χ0n) is 28.7. The topological polar surface area (TPSA) is 68.3 Å².